The minimum atomic E-state index is -4.61. The van der Waals surface area contributed by atoms with Gasteiger partial charge < -0.3 is 13.8 Å². The number of imidazole rings is 1. The van der Waals surface area contributed by atoms with Crippen LogP contribution in [0.15, 0.2) is 41.2 Å². The van der Waals surface area contributed by atoms with Crippen LogP contribution < -0.4 is 4.74 Å². The lowest BCUT2D eigenvalue weighted by atomic mass is 9.94. The molecule has 1 aromatic carbocycles. The van der Waals surface area contributed by atoms with Gasteiger partial charge in [-0.3, -0.25) is 4.90 Å². The summed E-state index contributed by atoms with van der Waals surface area (Å²) >= 11 is 0. The van der Waals surface area contributed by atoms with Crippen molar-refractivity contribution in [3.05, 3.63) is 59.4 Å². The third-order valence-corrected chi connectivity index (χ3v) is 6.95. The number of aryl methyl sites for hydroxylation is 2. The van der Waals surface area contributed by atoms with E-state index in [4.69, 9.17) is 9.26 Å². The molecule has 0 unspecified atom stereocenters. The Balaban J connectivity index is 1.25. The summed E-state index contributed by atoms with van der Waals surface area (Å²) in [6.07, 6.45) is -0.481. The Morgan fingerprint density at radius 1 is 1.18 bits per heavy atom. The zero-order chi connectivity index (χ0) is 26.9. The number of nitriles is 1. The molecule has 0 amide bonds. The highest BCUT2D eigenvalue weighted by Crippen LogP contribution is 2.39. The van der Waals surface area contributed by atoms with E-state index in [1.165, 1.54) is 12.4 Å². The number of fused-ring (bicyclic) bond motifs is 1. The van der Waals surface area contributed by atoms with Gasteiger partial charge in [-0.15, -0.1) is 0 Å². The molecule has 1 aliphatic rings. The molecular weight excluding hydrogens is 497 g/mol. The van der Waals surface area contributed by atoms with Gasteiger partial charge in [0, 0.05) is 25.2 Å². The molecule has 4 aromatic rings. The average Bonchev–Trinajstić information content (AvgIpc) is 3.48. The summed E-state index contributed by atoms with van der Waals surface area (Å²) < 4.78 is 54.4. The number of rotatable bonds is 7. The van der Waals surface area contributed by atoms with Gasteiger partial charge in [-0.1, -0.05) is 5.16 Å². The Hall–Kier alpha value is -3.91. The zero-order valence-electron chi connectivity index (χ0n) is 21.1. The van der Waals surface area contributed by atoms with Crippen molar-refractivity contribution in [3.63, 3.8) is 0 Å². The van der Waals surface area contributed by atoms with E-state index in [1.807, 2.05) is 19.1 Å². The van der Waals surface area contributed by atoms with E-state index in [-0.39, 0.29) is 29.3 Å². The first-order chi connectivity index (χ1) is 18.2. The van der Waals surface area contributed by atoms with Gasteiger partial charge in [0.2, 0.25) is 0 Å². The maximum atomic E-state index is 14.0. The number of likely N-dealkylation sites (tertiary alicyclic amines) is 1. The summed E-state index contributed by atoms with van der Waals surface area (Å²) in [6, 6.07) is 9.45. The highest BCUT2D eigenvalue weighted by atomic mass is 19.4. The predicted octanol–water partition coefficient (Wildman–Crippen LogP) is 5.50. The van der Waals surface area contributed by atoms with E-state index in [9.17, 15) is 18.4 Å². The number of hydrogen-bond donors (Lipinski definition) is 0. The van der Waals surface area contributed by atoms with Crippen molar-refractivity contribution in [1.82, 2.24) is 24.6 Å². The molecule has 11 heteroatoms. The summed E-state index contributed by atoms with van der Waals surface area (Å²) in [5, 5.41) is 13.5. The summed E-state index contributed by atoms with van der Waals surface area (Å²) in [5.74, 6) is 0.969. The molecule has 3 aromatic heterocycles. The Morgan fingerprint density at radius 3 is 2.66 bits per heavy atom. The molecular formula is C27H27F3N6O2. The van der Waals surface area contributed by atoms with Crippen LogP contribution in [0.2, 0.25) is 0 Å². The first kappa shape index (κ1) is 25.7. The third-order valence-electron chi connectivity index (χ3n) is 6.95. The van der Waals surface area contributed by atoms with E-state index in [0.29, 0.717) is 23.4 Å². The molecule has 4 heterocycles. The largest absolute Gasteiger partial charge is 0.493 e. The SMILES string of the molecule is Cc1cc(CN2CCC(CCOc3ccc(-c4cc5c(ncn5C)c(C#N)n4)cc3C(F)(F)F)CC2)no1. The summed E-state index contributed by atoms with van der Waals surface area (Å²) in [4.78, 5) is 10.7. The molecule has 0 N–H and O–H groups in total. The van der Waals surface area contributed by atoms with Crippen molar-refractivity contribution in [3.8, 4) is 23.1 Å². The fourth-order valence-corrected chi connectivity index (χ4v) is 4.88. The monoisotopic (exact) mass is 524 g/mol. The number of alkyl halides is 3. The normalized spacial score (nSPS) is 15.2. The van der Waals surface area contributed by atoms with Crippen molar-refractivity contribution in [2.45, 2.75) is 38.9 Å². The summed E-state index contributed by atoms with van der Waals surface area (Å²) in [6.45, 7) is 4.60. The smallest absolute Gasteiger partial charge is 0.419 e. The Labute approximate surface area is 217 Å². The molecule has 0 aliphatic carbocycles. The Bertz CT molecular complexity index is 1480. The predicted molar refractivity (Wildman–Crippen MR) is 133 cm³/mol. The van der Waals surface area contributed by atoms with Crippen LogP contribution in [0.3, 0.4) is 0 Å². The number of nitrogens with zero attached hydrogens (tertiary/aromatic N) is 6. The number of benzene rings is 1. The first-order valence-corrected chi connectivity index (χ1v) is 12.4. The molecule has 1 fully saturated rings. The Morgan fingerprint density at radius 2 is 1.97 bits per heavy atom. The van der Waals surface area contributed by atoms with Crippen molar-refractivity contribution < 1.29 is 22.4 Å². The van der Waals surface area contributed by atoms with Crippen LogP contribution in [0.1, 0.15) is 42.0 Å². The van der Waals surface area contributed by atoms with Gasteiger partial charge in [0.05, 0.1) is 35.4 Å². The molecule has 0 radical (unpaired) electrons. The highest BCUT2D eigenvalue weighted by Gasteiger charge is 2.35. The van der Waals surface area contributed by atoms with E-state index in [2.05, 4.69) is 20.0 Å². The van der Waals surface area contributed by atoms with Crippen LogP contribution in [0.5, 0.6) is 5.75 Å². The fraction of sp³-hybridized carbons (Fsp3) is 0.407. The first-order valence-electron chi connectivity index (χ1n) is 12.4. The minimum Gasteiger partial charge on any atom is -0.493 e. The standard InChI is InChI=1S/C27H27F3N6O2/c1-17-11-20(34-38-17)15-36-8-5-18(6-9-36)7-10-37-25-4-3-19(12-21(25)27(28,29)30)22-13-24-26(23(14-31)33-22)32-16-35(24)2/h3-4,11-13,16,18H,5-10,15H2,1-2H3. The summed E-state index contributed by atoms with van der Waals surface area (Å²) in [7, 11) is 1.75. The van der Waals surface area contributed by atoms with Gasteiger partial charge in [0.1, 0.15) is 23.1 Å². The quantitative estimate of drug-likeness (QED) is 0.315. The molecule has 5 rings (SSSR count). The molecule has 8 nitrogen and oxygen atoms in total. The lowest BCUT2D eigenvalue weighted by Gasteiger charge is -2.31. The lowest BCUT2D eigenvalue weighted by molar-refractivity contribution is -0.138. The molecule has 38 heavy (non-hydrogen) atoms. The number of halogens is 3. The van der Waals surface area contributed by atoms with Crippen LogP contribution in [-0.2, 0) is 19.8 Å². The minimum absolute atomic E-state index is 0.0641. The molecule has 0 bridgehead atoms. The van der Waals surface area contributed by atoms with E-state index in [1.54, 1.807) is 23.7 Å². The second-order valence-electron chi connectivity index (χ2n) is 9.69. The molecule has 0 atom stereocenters. The number of ether oxygens (including phenoxy) is 1. The van der Waals surface area contributed by atoms with Crippen LogP contribution in [-0.4, -0.2) is 44.3 Å². The van der Waals surface area contributed by atoms with Crippen molar-refractivity contribution >= 4 is 11.0 Å². The summed E-state index contributed by atoms with van der Waals surface area (Å²) in [5.41, 5.74) is 1.65. The van der Waals surface area contributed by atoms with E-state index < -0.39 is 11.7 Å². The molecule has 198 valence electrons. The van der Waals surface area contributed by atoms with E-state index in [0.717, 1.165) is 50.0 Å². The lowest BCUT2D eigenvalue weighted by Crippen LogP contribution is -2.33. The van der Waals surface area contributed by atoms with Crippen LogP contribution in [0, 0.1) is 24.2 Å². The van der Waals surface area contributed by atoms with Gasteiger partial charge in [-0.05, 0) is 69.5 Å². The fourth-order valence-electron chi connectivity index (χ4n) is 4.88. The molecule has 0 spiro atoms. The van der Waals surface area contributed by atoms with Crippen molar-refractivity contribution in [2.75, 3.05) is 19.7 Å². The number of aromatic nitrogens is 4. The maximum Gasteiger partial charge on any atom is 0.419 e. The van der Waals surface area contributed by atoms with E-state index >= 15 is 0 Å². The van der Waals surface area contributed by atoms with Gasteiger partial charge in [0.25, 0.3) is 0 Å². The topological polar surface area (TPSA) is 93.0 Å². The maximum absolute atomic E-state index is 14.0. The van der Waals surface area contributed by atoms with Gasteiger partial charge in [-0.25, -0.2) is 9.97 Å². The van der Waals surface area contributed by atoms with Crippen LogP contribution >= 0.6 is 0 Å². The highest BCUT2D eigenvalue weighted by molar-refractivity contribution is 5.84. The van der Waals surface area contributed by atoms with Gasteiger partial charge >= 0.3 is 6.18 Å². The average molecular weight is 525 g/mol. The third kappa shape index (κ3) is 5.50. The zero-order valence-corrected chi connectivity index (χ0v) is 21.1. The van der Waals surface area contributed by atoms with Gasteiger partial charge in [-0.2, -0.15) is 18.4 Å². The van der Waals surface area contributed by atoms with Crippen molar-refractivity contribution in [2.24, 2.45) is 13.0 Å². The number of piperidine rings is 1. The number of hydrogen-bond acceptors (Lipinski definition) is 7. The van der Waals surface area contributed by atoms with Crippen LogP contribution in [0.25, 0.3) is 22.3 Å². The molecule has 1 saturated heterocycles. The van der Waals surface area contributed by atoms with Crippen LogP contribution in [0.4, 0.5) is 13.2 Å². The molecule has 0 saturated carbocycles. The second-order valence-corrected chi connectivity index (χ2v) is 9.69. The molecule has 1 aliphatic heterocycles. The van der Waals surface area contributed by atoms with Gasteiger partial charge in [0.15, 0.2) is 5.69 Å². The van der Waals surface area contributed by atoms with Crippen molar-refractivity contribution in [1.29, 1.82) is 5.26 Å². The Kier molecular flexibility index (Phi) is 7.08. The number of pyridine rings is 1. The second kappa shape index (κ2) is 10.5.